The van der Waals surface area contributed by atoms with Crippen LogP contribution in [0.15, 0.2) is 42.5 Å². The van der Waals surface area contributed by atoms with Crippen molar-refractivity contribution in [3.8, 4) is 0 Å². The van der Waals surface area contributed by atoms with Gasteiger partial charge in [-0.25, -0.2) is 0 Å². The maximum atomic E-state index is 13.1. The Bertz CT molecular complexity index is 1030. The van der Waals surface area contributed by atoms with Crippen LogP contribution in [0.2, 0.25) is 0 Å². The van der Waals surface area contributed by atoms with Crippen LogP contribution in [-0.4, -0.2) is 41.8 Å². The highest BCUT2D eigenvalue weighted by atomic mass is 16.2. The van der Waals surface area contributed by atoms with E-state index >= 15 is 0 Å². The van der Waals surface area contributed by atoms with Crippen molar-refractivity contribution >= 4 is 23.4 Å². The molecular weight excluding hydrogens is 380 g/mol. The molecule has 0 spiro atoms. The number of hydrogen-bond acceptors (Lipinski definition) is 5. The zero-order valence-electron chi connectivity index (χ0n) is 16.7. The number of nitrogens with one attached hydrogen (secondary N) is 2. The third kappa shape index (κ3) is 3.25. The maximum Gasteiger partial charge on any atom is 0.255 e. The predicted molar refractivity (Wildman–Crippen MR) is 112 cm³/mol. The summed E-state index contributed by atoms with van der Waals surface area (Å²) < 4.78 is 0. The predicted octanol–water partition coefficient (Wildman–Crippen LogP) is 1.56. The van der Waals surface area contributed by atoms with Gasteiger partial charge in [0.2, 0.25) is 11.8 Å². The van der Waals surface area contributed by atoms with E-state index in [0.717, 1.165) is 30.8 Å². The first kappa shape index (κ1) is 18.8. The summed E-state index contributed by atoms with van der Waals surface area (Å²) in [6, 6.07) is 13.6. The lowest BCUT2D eigenvalue weighted by Gasteiger charge is -2.29. The molecule has 0 aliphatic carbocycles. The van der Waals surface area contributed by atoms with E-state index in [2.05, 4.69) is 45.9 Å². The number of rotatable bonds is 3. The molecule has 2 aromatic carbocycles. The standard InChI is InChI=1S/C23H24N4O3/c28-21-9-8-20(22(29)25-21)27-14-18-16(5-3-6-17(18)23(27)30)13-26-11-10-24-12-15-4-1-2-7-19(15)26/h1-7,20,24H,8-14H2,(H,25,28,29). The number of imide groups is 1. The molecule has 5 rings (SSSR count). The zero-order chi connectivity index (χ0) is 20.7. The summed E-state index contributed by atoms with van der Waals surface area (Å²) >= 11 is 0. The lowest BCUT2D eigenvalue weighted by Crippen LogP contribution is -2.52. The molecule has 7 nitrogen and oxygen atoms in total. The quantitative estimate of drug-likeness (QED) is 0.759. The summed E-state index contributed by atoms with van der Waals surface area (Å²) in [6.45, 7) is 3.74. The Morgan fingerprint density at radius 1 is 1.03 bits per heavy atom. The largest absolute Gasteiger partial charge is 0.366 e. The molecule has 0 bridgehead atoms. The summed E-state index contributed by atoms with van der Waals surface area (Å²) in [7, 11) is 0. The summed E-state index contributed by atoms with van der Waals surface area (Å²) in [4.78, 5) is 40.8. The fraction of sp³-hybridized carbons (Fsp3) is 0.348. The number of benzene rings is 2. The minimum Gasteiger partial charge on any atom is -0.366 e. The van der Waals surface area contributed by atoms with Gasteiger partial charge in [-0.05, 0) is 35.2 Å². The number of carbonyl (C=O) groups is 3. The van der Waals surface area contributed by atoms with Gasteiger partial charge in [0.25, 0.3) is 5.91 Å². The minimum absolute atomic E-state index is 0.126. The molecule has 1 atom stereocenters. The number of nitrogens with zero attached hydrogens (tertiary/aromatic N) is 2. The molecule has 154 valence electrons. The topological polar surface area (TPSA) is 81.8 Å². The molecule has 2 N–H and O–H groups in total. The smallest absolute Gasteiger partial charge is 0.255 e. The molecular formula is C23H24N4O3. The number of hydrogen-bond donors (Lipinski definition) is 2. The molecule has 30 heavy (non-hydrogen) atoms. The van der Waals surface area contributed by atoms with Crippen LogP contribution in [0.3, 0.4) is 0 Å². The minimum atomic E-state index is -0.585. The van der Waals surface area contributed by atoms with E-state index in [9.17, 15) is 14.4 Å². The van der Waals surface area contributed by atoms with Crippen molar-refractivity contribution in [3.05, 3.63) is 64.7 Å². The lowest BCUT2D eigenvalue weighted by atomic mass is 10.0. The van der Waals surface area contributed by atoms with Gasteiger partial charge in [0, 0.05) is 50.4 Å². The molecule has 1 unspecified atom stereocenters. The molecule has 0 radical (unpaired) electrons. The van der Waals surface area contributed by atoms with Crippen LogP contribution in [0.5, 0.6) is 0 Å². The second-order valence-corrected chi connectivity index (χ2v) is 8.07. The fourth-order valence-electron chi connectivity index (χ4n) is 4.69. The van der Waals surface area contributed by atoms with Crippen molar-refractivity contribution in [2.75, 3.05) is 18.0 Å². The number of anilines is 1. The number of amides is 3. The highest BCUT2D eigenvalue weighted by Gasteiger charge is 2.39. The van der Waals surface area contributed by atoms with Gasteiger partial charge in [0.05, 0.1) is 0 Å². The molecule has 1 fully saturated rings. The molecule has 2 aromatic rings. The summed E-state index contributed by atoms with van der Waals surface area (Å²) in [5, 5.41) is 5.83. The highest BCUT2D eigenvalue weighted by Crippen LogP contribution is 2.32. The van der Waals surface area contributed by atoms with Crippen molar-refractivity contribution in [2.24, 2.45) is 0 Å². The van der Waals surface area contributed by atoms with Crippen molar-refractivity contribution < 1.29 is 14.4 Å². The van der Waals surface area contributed by atoms with E-state index in [-0.39, 0.29) is 24.1 Å². The normalized spacial score (nSPS) is 21.2. The Morgan fingerprint density at radius 2 is 1.90 bits per heavy atom. The van der Waals surface area contributed by atoms with Gasteiger partial charge in [-0.1, -0.05) is 30.3 Å². The van der Waals surface area contributed by atoms with Crippen molar-refractivity contribution in [2.45, 2.75) is 38.5 Å². The molecule has 3 aliphatic heterocycles. The van der Waals surface area contributed by atoms with Crippen LogP contribution in [0.25, 0.3) is 0 Å². The number of carbonyl (C=O) groups excluding carboxylic acids is 3. The van der Waals surface area contributed by atoms with Crippen molar-refractivity contribution in [1.82, 2.24) is 15.5 Å². The second kappa shape index (κ2) is 7.57. The van der Waals surface area contributed by atoms with Gasteiger partial charge in [-0.3, -0.25) is 19.7 Å². The maximum absolute atomic E-state index is 13.1. The Morgan fingerprint density at radius 3 is 2.77 bits per heavy atom. The van der Waals surface area contributed by atoms with Crippen molar-refractivity contribution in [1.29, 1.82) is 0 Å². The van der Waals surface area contributed by atoms with Crippen LogP contribution in [0.4, 0.5) is 5.69 Å². The van der Waals surface area contributed by atoms with E-state index in [4.69, 9.17) is 0 Å². The van der Waals surface area contributed by atoms with Crippen molar-refractivity contribution in [3.63, 3.8) is 0 Å². The molecule has 3 heterocycles. The summed E-state index contributed by atoms with van der Waals surface area (Å²) in [5.74, 6) is -0.768. The third-order valence-electron chi connectivity index (χ3n) is 6.25. The third-order valence-corrected chi connectivity index (χ3v) is 6.25. The average molecular weight is 404 g/mol. The monoisotopic (exact) mass is 404 g/mol. The average Bonchev–Trinajstić information content (AvgIpc) is 2.94. The molecule has 3 amide bonds. The van der Waals surface area contributed by atoms with E-state index < -0.39 is 6.04 Å². The first-order valence-electron chi connectivity index (χ1n) is 10.4. The van der Waals surface area contributed by atoms with Gasteiger partial charge >= 0.3 is 0 Å². The van der Waals surface area contributed by atoms with E-state index in [1.165, 1.54) is 11.3 Å². The number of fused-ring (bicyclic) bond motifs is 2. The molecule has 0 aromatic heterocycles. The number of para-hydroxylation sites is 1. The fourth-order valence-corrected chi connectivity index (χ4v) is 4.69. The SMILES string of the molecule is O=C1CCC(N2Cc3c(CN4CCNCc5ccccc54)cccc3C2=O)C(=O)N1. The molecule has 7 heteroatoms. The first-order chi connectivity index (χ1) is 14.6. The highest BCUT2D eigenvalue weighted by molar-refractivity contribution is 6.05. The molecule has 1 saturated heterocycles. The van der Waals surface area contributed by atoms with Gasteiger partial charge < -0.3 is 15.1 Å². The zero-order valence-corrected chi connectivity index (χ0v) is 16.7. The number of piperidine rings is 1. The van der Waals surface area contributed by atoms with Gasteiger partial charge in [0.15, 0.2) is 0 Å². The molecule has 0 saturated carbocycles. The summed E-state index contributed by atoms with van der Waals surface area (Å²) in [6.07, 6.45) is 0.645. The summed E-state index contributed by atoms with van der Waals surface area (Å²) in [5.41, 5.74) is 5.24. The van der Waals surface area contributed by atoms with Gasteiger partial charge in [-0.15, -0.1) is 0 Å². The van der Waals surface area contributed by atoms with Crippen LogP contribution >= 0.6 is 0 Å². The second-order valence-electron chi connectivity index (χ2n) is 8.07. The van der Waals surface area contributed by atoms with E-state index in [1.54, 1.807) is 4.90 Å². The van der Waals surface area contributed by atoms with E-state index in [0.29, 0.717) is 25.1 Å². The van der Waals surface area contributed by atoms with Crippen LogP contribution in [-0.2, 0) is 29.2 Å². The Kier molecular flexibility index (Phi) is 4.75. The lowest BCUT2D eigenvalue weighted by molar-refractivity contribution is -0.136. The Hall–Kier alpha value is -3.19. The first-order valence-corrected chi connectivity index (χ1v) is 10.4. The van der Waals surface area contributed by atoms with Crippen LogP contribution in [0, 0.1) is 0 Å². The van der Waals surface area contributed by atoms with Gasteiger partial charge in [-0.2, -0.15) is 0 Å². The van der Waals surface area contributed by atoms with Crippen LogP contribution in [0.1, 0.15) is 39.9 Å². The van der Waals surface area contributed by atoms with Crippen LogP contribution < -0.4 is 15.5 Å². The van der Waals surface area contributed by atoms with E-state index in [1.807, 2.05) is 12.1 Å². The Labute approximate surface area is 175 Å². The molecule has 3 aliphatic rings. The van der Waals surface area contributed by atoms with Gasteiger partial charge in [0.1, 0.15) is 6.04 Å². The Balaban J connectivity index is 1.43.